The van der Waals surface area contributed by atoms with Crippen LogP contribution in [0.4, 0.5) is 13.2 Å². The number of hydrogen-bond donors (Lipinski definition) is 0. The van der Waals surface area contributed by atoms with Gasteiger partial charge in [-0.1, -0.05) is 28.1 Å². The molecule has 0 unspecified atom stereocenters. The van der Waals surface area contributed by atoms with E-state index in [0.717, 1.165) is 26.8 Å². The lowest BCUT2D eigenvalue weighted by atomic mass is 10.2. The van der Waals surface area contributed by atoms with Crippen LogP contribution in [0.25, 0.3) is 16.9 Å². The van der Waals surface area contributed by atoms with Crippen LogP contribution in [0, 0.1) is 3.57 Å². The van der Waals surface area contributed by atoms with Gasteiger partial charge in [0.15, 0.2) is 5.65 Å². The lowest BCUT2D eigenvalue weighted by Crippen LogP contribution is -2.12. The summed E-state index contributed by atoms with van der Waals surface area (Å²) < 4.78 is 41.4. The summed E-state index contributed by atoms with van der Waals surface area (Å²) >= 11 is 5.29. The van der Waals surface area contributed by atoms with Gasteiger partial charge in [-0.15, -0.1) is 0 Å². The van der Waals surface area contributed by atoms with Crippen LogP contribution < -0.4 is 0 Å². The highest BCUT2D eigenvalue weighted by Crippen LogP contribution is 2.33. The topological polar surface area (TPSA) is 30.2 Å². The van der Waals surface area contributed by atoms with E-state index in [1.165, 1.54) is 0 Å². The van der Waals surface area contributed by atoms with Crippen molar-refractivity contribution in [2.45, 2.75) is 6.18 Å². The van der Waals surface area contributed by atoms with Crippen molar-refractivity contribution in [3.63, 3.8) is 0 Å². The molecule has 3 nitrogen and oxygen atoms in total. The van der Waals surface area contributed by atoms with Gasteiger partial charge in [0.25, 0.3) is 0 Å². The molecule has 0 aliphatic carbocycles. The number of aromatic nitrogens is 3. The highest BCUT2D eigenvalue weighted by Gasteiger charge is 2.35. The minimum atomic E-state index is -4.48. The number of rotatable bonds is 1. The largest absolute Gasteiger partial charge is 0.433 e. The van der Waals surface area contributed by atoms with Gasteiger partial charge in [0.2, 0.25) is 0 Å². The Hall–Kier alpha value is -1.16. The molecule has 0 amide bonds. The number of fused-ring (bicyclic) bond motifs is 1. The lowest BCUT2D eigenvalue weighted by molar-refractivity contribution is -0.142. The van der Waals surface area contributed by atoms with E-state index >= 15 is 0 Å². The minimum absolute atomic E-state index is 0.198. The molecule has 108 valence electrons. The molecule has 0 atom stereocenters. The van der Waals surface area contributed by atoms with Crippen LogP contribution in [0.1, 0.15) is 5.69 Å². The summed E-state index contributed by atoms with van der Waals surface area (Å²) in [4.78, 5) is 4.00. The molecule has 21 heavy (non-hydrogen) atoms. The van der Waals surface area contributed by atoms with E-state index in [1.807, 2.05) is 34.7 Å². The molecular formula is C13H6BrF3IN3. The molecule has 0 radical (unpaired) electrons. The standard InChI is InChI=1S/C13H6BrF3IN3/c14-8-3-1-7(2-4-8)11-10(18)12-19-6-5-9(13(15,16)17)21(12)20-11/h1-6H. The minimum Gasteiger partial charge on any atom is -0.236 e. The van der Waals surface area contributed by atoms with Crippen LogP contribution in [-0.2, 0) is 6.18 Å². The van der Waals surface area contributed by atoms with Gasteiger partial charge in [-0.2, -0.15) is 18.3 Å². The maximum absolute atomic E-state index is 13.0. The number of halogens is 5. The molecule has 0 spiro atoms. The van der Waals surface area contributed by atoms with Crippen LogP contribution in [-0.4, -0.2) is 14.6 Å². The first kappa shape index (κ1) is 14.8. The van der Waals surface area contributed by atoms with Crippen molar-refractivity contribution >= 4 is 44.2 Å². The molecule has 0 fully saturated rings. The second-order valence-electron chi connectivity index (χ2n) is 4.23. The summed E-state index contributed by atoms with van der Waals surface area (Å²) in [5, 5.41) is 4.09. The Labute approximate surface area is 139 Å². The fourth-order valence-corrected chi connectivity index (χ4v) is 2.98. The van der Waals surface area contributed by atoms with Crippen LogP contribution in [0.15, 0.2) is 41.0 Å². The summed E-state index contributed by atoms with van der Waals surface area (Å²) in [5.41, 5.74) is 0.575. The number of alkyl halides is 3. The molecule has 0 aliphatic heterocycles. The third-order valence-corrected chi connectivity index (χ3v) is 4.39. The number of hydrogen-bond acceptors (Lipinski definition) is 2. The van der Waals surface area contributed by atoms with Gasteiger partial charge in [-0.05, 0) is 40.8 Å². The molecule has 0 aliphatic rings. The second kappa shape index (κ2) is 5.24. The van der Waals surface area contributed by atoms with Gasteiger partial charge in [-0.25, -0.2) is 9.50 Å². The fourth-order valence-electron chi connectivity index (χ4n) is 1.93. The highest BCUT2D eigenvalue weighted by molar-refractivity contribution is 14.1. The quantitative estimate of drug-likeness (QED) is 0.482. The van der Waals surface area contributed by atoms with E-state index < -0.39 is 11.9 Å². The van der Waals surface area contributed by atoms with E-state index in [4.69, 9.17) is 0 Å². The molecule has 0 bridgehead atoms. The summed E-state index contributed by atoms with van der Waals surface area (Å²) in [6.45, 7) is 0. The van der Waals surface area contributed by atoms with Crippen LogP contribution in [0.5, 0.6) is 0 Å². The summed E-state index contributed by atoms with van der Waals surface area (Å²) in [7, 11) is 0. The van der Waals surface area contributed by atoms with Crippen molar-refractivity contribution in [3.8, 4) is 11.3 Å². The molecule has 0 saturated carbocycles. The maximum atomic E-state index is 13.0. The van der Waals surface area contributed by atoms with Crippen molar-refractivity contribution in [1.29, 1.82) is 0 Å². The van der Waals surface area contributed by atoms with E-state index in [2.05, 4.69) is 26.0 Å². The highest BCUT2D eigenvalue weighted by atomic mass is 127. The molecular weight excluding hydrogens is 462 g/mol. The van der Waals surface area contributed by atoms with Crippen molar-refractivity contribution < 1.29 is 13.2 Å². The predicted octanol–water partition coefficient (Wildman–Crippen LogP) is 4.78. The van der Waals surface area contributed by atoms with E-state index in [-0.39, 0.29) is 5.65 Å². The van der Waals surface area contributed by atoms with Crippen LogP contribution in [0.3, 0.4) is 0 Å². The zero-order valence-electron chi connectivity index (χ0n) is 10.2. The molecule has 0 saturated heterocycles. The van der Waals surface area contributed by atoms with Gasteiger partial charge in [0.05, 0.1) is 3.57 Å². The summed E-state index contributed by atoms with van der Waals surface area (Å²) in [5.74, 6) is 0. The molecule has 0 N–H and O–H groups in total. The fraction of sp³-hybridized carbons (Fsp3) is 0.0769. The Morgan fingerprint density at radius 3 is 2.38 bits per heavy atom. The molecule has 2 heterocycles. The number of benzene rings is 1. The molecule has 3 rings (SSSR count). The average molecular weight is 468 g/mol. The van der Waals surface area contributed by atoms with Gasteiger partial charge in [-0.3, -0.25) is 0 Å². The van der Waals surface area contributed by atoms with Crippen LogP contribution >= 0.6 is 38.5 Å². The van der Waals surface area contributed by atoms with E-state index in [1.54, 1.807) is 12.1 Å². The first-order valence-corrected chi connectivity index (χ1v) is 7.61. The third-order valence-electron chi connectivity index (χ3n) is 2.87. The zero-order chi connectivity index (χ0) is 15.2. The van der Waals surface area contributed by atoms with Crippen molar-refractivity contribution in [1.82, 2.24) is 14.6 Å². The second-order valence-corrected chi connectivity index (χ2v) is 6.23. The molecule has 1 aromatic carbocycles. The Morgan fingerprint density at radius 2 is 1.76 bits per heavy atom. The van der Waals surface area contributed by atoms with Crippen molar-refractivity contribution in [2.24, 2.45) is 0 Å². The lowest BCUT2D eigenvalue weighted by Gasteiger charge is -2.07. The van der Waals surface area contributed by atoms with Gasteiger partial charge in [0, 0.05) is 16.2 Å². The van der Waals surface area contributed by atoms with Gasteiger partial charge in [0.1, 0.15) is 11.4 Å². The normalized spacial score (nSPS) is 12.0. The van der Waals surface area contributed by atoms with E-state index in [0.29, 0.717) is 9.26 Å². The van der Waals surface area contributed by atoms with Crippen LogP contribution in [0.2, 0.25) is 0 Å². The number of nitrogens with zero attached hydrogens (tertiary/aromatic N) is 3. The first-order valence-electron chi connectivity index (χ1n) is 5.74. The Bertz CT molecular complexity index is 812. The Balaban J connectivity index is 2.27. The van der Waals surface area contributed by atoms with Crippen molar-refractivity contribution in [3.05, 3.63) is 50.3 Å². The van der Waals surface area contributed by atoms with Gasteiger partial charge >= 0.3 is 6.18 Å². The Kier molecular flexibility index (Phi) is 3.68. The van der Waals surface area contributed by atoms with E-state index in [9.17, 15) is 13.2 Å². The molecule has 8 heteroatoms. The maximum Gasteiger partial charge on any atom is 0.433 e. The van der Waals surface area contributed by atoms with Crippen molar-refractivity contribution in [2.75, 3.05) is 0 Å². The summed E-state index contributed by atoms with van der Waals surface area (Å²) in [6, 6.07) is 8.13. The first-order chi connectivity index (χ1) is 9.88. The smallest absolute Gasteiger partial charge is 0.236 e. The predicted molar refractivity (Wildman–Crippen MR) is 83.8 cm³/mol. The summed E-state index contributed by atoms with van der Waals surface area (Å²) in [6.07, 6.45) is -3.33. The Morgan fingerprint density at radius 1 is 1.10 bits per heavy atom. The SMILES string of the molecule is FC(F)(F)c1ccnc2c(I)c(-c3ccc(Br)cc3)nn12. The molecule has 3 aromatic rings. The average Bonchev–Trinajstić information content (AvgIpc) is 2.76. The van der Waals surface area contributed by atoms with Gasteiger partial charge < -0.3 is 0 Å². The third kappa shape index (κ3) is 2.66. The zero-order valence-corrected chi connectivity index (χ0v) is 13.9. The monoisotopic (exact) mass is 467 g/mol. The molecule has 2 aromatic heterocycles.